The Balaban J connectivity index is 1.33. The lowest BCUT2D eigenvalue weighted by Crippen LogP contribution is -2.20. The Morgan fingerprint density at radius 3 is 2.41 bits per heavy atom. The Bertz CT molecular complexity index is 1030. The molecule has 0 spiro atoms. The predicted octanol–water partition coefficient (Wildman–Crippen LogP) is 4.60. The standard InChI is InChI=1S/C24H22N2O3/c1-17(27)18-6-12-22(13-7-18)29-16-24(28)25-20-8-10-21(11-9-20)26-15-14-19-4-2-3-5-23(19)26/h2-13H,14-16H2,1H3,(H,25,28). The smallest absolute Gasteiger partial charge is 0.262 e. The van der Waals surface area contributed by atoms with Crippen molar-refractivity contribution in [1.82, 2.24) is 0 Å². The maximum atomic E-state index is 12.2. The van der Waals surface area contributed by atoms with Crippen molar-refractivity contribution in [3.8, 4) is 5.75 Å². The van der Waals surface area contributed by atoms with Gasteiger partial charge in [0, 0.05) is 29.2 Å². The number of para-hydroxylation sites is 1. The summed E-state index contributed by atoms with van der Waals surface area (Å²) in [7, 11) is 0. The van der Waals surface area contributed by atoms with Gasteiger partial charge in [0.15, 0.2) is 12.4 Å². The van der Waals surface area contributed by atoms with Gasteiger partial charge in [-0.05, 0) is 73.5 Å². The number of ether oxygens (including phenoxy) is 1. The predicted molar refractivity (Wildman–Crippen MR) is 114 cm³/mol. The topological polar surface area (TPSA) is 58.6 Å². The zero-order valence-corrected chi connectivity index (χ0v) is 16.2. The van der Waals surface area contributed by atoms with E-state index in [4.69, 9.17) is 4.74 Å². The van der Waals surface area contributed by atoms with Gasteiger partial charge in [-0.15, -0.1) is 0 Å². The highest BCUT2D eigenvalue weighted by molar-refractivity contribution is 5.94. The average Bonchev–Trinajstić information content (AvgIpc) is 3.17. The van der Waals surface area contributed by atoms with Crippen LogP contribution in [0.4, 0.5) is 17.1 Å². The van der Waals surface area contributed by atoms with E-state index in [-0.39, 0.29) is 18.3 Å². The van der Waals surface area contributed by atoms with Crippen LogP contribution in [0.3, 0.4) is 0 Å². The van der Waals surface area contributed by atoms with Crippen molar-refractivity contribution in [1.29, 1.82) is 0 Å². The van der Waals surface area contributed by atoms with E-state index in [9.17, 15) is 9.59 Å². The van der Waals surface area contributed by atoms with Crippen LogP contribution >= 0.6 is 0 Å². The number of Topliss-reactive ketones (excluding diaryl/α,β-unsaturated/α-hetero) is 1. The third-order valence-corrected chi connectivity index (χ3v) is 4.98. The number of rotatable bonds is 6. The van der Waals surface area contributed by atoms with Gasteiger partial charge in [-0.1, -0.05) is 18.2 Å². The number of ketones is 1. The SMILES string of the molecule is CC(=O)c1ccc(OCC(=O)Nc2ccc(N3CCc4ccccc43)cc2)cc1. The number of carbonyl (C=O) groups is 2. The van der Waals surface area contributed by atoms with Crippen LogP contribution in [0.1, 0.15) is 22.8 Å². The molecular formula is C24H22N2O3. The molecule has 1 aliphatic rings. The summed E-state index contributed by atoms with van der Waals surface area (Å²) in [5.41, 5.74) is 5.05. The number of carbonyl (C=O) groups excluding carboxylic acids is 2. The second-order valence-electron chi connectivity index (χ2n) is 6.99. The van der Waals surface area contributed by atoms with Crippen LogP contribution < -0.4 is 15.0 Å². The molecule has 0 bridgehead atoms. The van der Waals surface area contributed by atoms with Gasteiger partial charge in [0.25, 0.3) is 5.91 Å². The van der Waals surface area contributed by atoms with Crippen molar-refractivity contribution in [2.24, 2.45) is 0 Å². The van der Waals surface area contributed by atoms with Crippen LogP contribution in [0.25, 0.3) is 0 Å². The Labute approximate surface area is 169 Å². The molecule has 29 heavy (non-hydrogen) atoms. The molecule has 0 saturated heterocycles. The number of hydrogen-bond acceptors (Lipinski definition) is 4. The van der Waals surface area contributed by atoms with Crippen molar-refractivity contribution in [2.45, 2.75) is 13.3 Å². The van der Waals surface area contributed by atoms with Crippen molar-refractivity contribution >= 4 is 28.8 Å². The van der Waals surface area contributed by atoms with Crippen molar-refractivity contribution in [2.75, 3.05) is 23.4 Å². The minimum atomic E-state index is -0.236. The molecule has 1 N–H and O–H groups in total. The van der Waals surface area contributed by atoms with E-state index in [1.165, 1.54) is 18.2 Å². The molecule has 5 heteroatoms. The number of hydrogen-bond donors (Lipinski definition) is 1. The summed E-state index contributed by atoms with van der Waals surface area (Å²) in [5.74, 6) is 0.309. The molecule has 3 aromatic carbocycles. The van der Waals surface area contributed by atoms with Crippen molar-refractivity contribution in [3.05, 3.63) is 83.9 Å². The second kappa shape index (κ2) is 8.19. The summed E-state index contributed by atoms with van der Waals surface area (Å²) < 4.78 is 5.49. The first-order chi connectivity index (χ1) is 14.1. The molecule has 0 fully saturated rings. The van der Waals surface area contributed by atoms with Gasteiger partial charge in [-0.25, -0.2) is 0 Å². The van der Waals surface area contributed by atoms with Crippen molar-refractivity contribution in [3.63, 3.8) is 0 Å². The van der Waals surface area contributed by atoms with Crippen LogP contribution in [-0.4, -0.2) is 24.8 Å². The van der Waals surface area contributed by atoms with Gasteiger partial charge >= 0.3 is 0 Å². The highest BCUT2D eigenvalue weighted by Crippen LogP contribution is 2.34. The first-order valence-corrected chi connectivity index (χ1v) is 9.59. The van der Waals surface area contributed by atoms with E-state index in [1.54, 1.807) is 24.3 Å². The van der Waals surface area contributed by atoms with Gasteiger partial charge in [0.05, 0.1) is 0 Å². The number of amides is 1. The molecule has 146 valence electrons. The number of nitrogens with one attached hydrogen (secondary N) is 1. The molecule has 1 amide bonds. The molecule has 0 aromatic heterocycles. The fourth-order valence-electron chi connectivity index (χ4n) is 3.46. The fraction of sp³-hybridized carbons (Fsp3) is 0.167. The molecule has 0 atom stereocenters. The monoisotopic (exact) mass is 386 g/mol. The van der Waals surface area contributed by atoms with Crippen LogP contribution in [-0.2, 0) is 11.2 Å². The van der Waals surface area contributed by atoms with Gasteiger partial charge in [0.2, 0.25) is 0 Å². The van der Waals surface area contributed by atoms with E-state index < -0.39 is 0 Å². The molecule has 1 aliphatic heterocycles. The highest BCUT2D eigenvalue weighted by Gasteiger charge is 2.19. The molecule has 5 nitrogen and oxygen atoms in total. The minimum absolute atomic E-state index is 0.00448. The molecule has 3 aromatic rings. The third kappa shape index (κ3) is 4.29. The van der Waals surface area contributed by atoms with Crippen LogP contribution in [0, 0.1) is 0 Å². The van der Waals surface area contributed by atoms with Gasteiger partial charge in [-0.2, -0.15) is 0 Å². The summed E-state index contributed by atoms with van der Waals surface area (Å²) in [5, 5.41) is 2.84. The molecule has 0 saturated carbocycles. The second-order valence-corrected chi connectivity index (χ2v) is 6.99. The van der Waals surface area contributed by atoms with E-state index in [0.717, 1.165) is 24.3 Å². The van der Waals surface area contributed by atoms with Gasteiger partial charge in [0.1, 0.15) is 5.75 Å². The molecule has 4 rings (SSSR count). The van der Waals surface area contributed by atoms with E-state index in [0.29, 0.717) is 11.3 Å². The van der Waals surface area contributed by atoms with Crippen LogP contribution in [0.2, 0.25) is 0 Å². The quantitative estimate of drug-likeness (QED) is 0.629. The summed E-state index contributed by atoms with van der Waals surface area (Å²) in [6.07, 6.45) is 1.04. The molecule has 0 aliphatic carbocycles. The Hall–Kier alpha value is -3.60. The van der Waals surface area contributed by atoms with Gasteiger partial charge in [-0.3, -0.25) is 9.59 Å². The Kier molecular flexibility index (Phi) is 5.29. The van der Waals surface area contributed by atoms with Crippen LogP contribution in [0.5, 0.6) is 5.75 Å². The normalized spacial score (nSPS) is 12.4. The third-order valence-electron chi connectivity index (χ3n) is 4.98. The zero-order chi connectivity index (χ0) is 20.2. The average molecular weight is 386 g/mol. The first-order valence-electron chi connectivity index (χ1n) is 9.59. The van der Waals surface area contributed by atoms with E-state index >= 15 is 0 Å². The molecule has 0 radical (unpaired) electrons. The van der Waals surface area contributed by atoms with Gasteiger partial charge < -0.3 is 15.0 Å². The number of anilines is 3. The van der Waals surface area contributed by atoms with Crippen molar-refractivity contribution < 1.29 is 14.3 Å². The number of fused-ring (bicyclic) bond motifs is 1. The molecule has 1 heterocycles. The number of benzene rings is 3. The molecular weight excluding hydrogens is 364 g/mol. The summed E-state index contributed by atoms with van der Waals surface area (Å²) in [4.78, 5) is 25.7. The summed E-state index contributed by atoms with van der Waals surface area (Å²) >= 11 is 0. The lowest BCUT2D eigenvalue weighted by Gasteiger charge is -2.20. The number of nitrogens with zero attached hydrogens (tertiary/aromatic N) is 1. The van der Waals surface area contributed by atoms with E-state index in [2.05, 4.69) is 34.5 Å². The lowest BCUT2D eigenvalue weighted by atomic mass is 10.1. The minimum Gasteiger partial charge on any atom is -0.484 e. The zero-order valence-electron chi connectivity index (χ0n) is 16.2. The van der Waals surface area contributed by atoms with Crippen LogP contribution in [0.15, 0.2) is 72.8 Å². The van der Waals surface area contributed by atoms with E-state index in [1.807, 2.05) is 24.3 Å². The largest absolute Gasteiger partial charge is 0.484 e. The summed E-state index contributed by atoms with van der Waals surface area (Å²) in [6.45, 7) is 2.37. The maximum absolute atomic E-state index is 12.2. The maximum Gasteiger partial charge on any atom is 0.262 e. The fourth-order valence-corrected chi connectivity index (χ4v) is 3.46. The first kappa shape index (κ1) is 18.7. The Morgan fingerprint density at radius 1 is 0.966 bits per heavy atom. The lowest BCUT2D eigenvalue weighted by molar-refractivity contribution is -0.118. The Morgan fingerprint density at radius 2 is 1.69 bits per heavy atom. The molecule has 0 unspecified atom stereocenters. The highest BCUT2D eigenvalue weighted by atomic mass is 16.5. The summed E-state index contributed by atoms with van der Waals surface area (Å²) in [6, 6.07) is 23.0.